The van der Waals surface area contributed by atoms with Gasteiger partial charge in [0, 0.05) is 16.1 Å². The molecule has 0 aromatic heterocycles. The highest BCUT2D eigenvalue weighted by Crippen LogP contribution is 2.38. The first-order valence-corrected chi connectivity index (χ1v) is 12.5. The van der Waals surface area contributed by atoms with Gasteiger partial charge >= 0.3 is 0 Å². The number of halogens is 2. The zero-order chi connectivity index (χ0) is 24.8. The third-order valence-electron chi connectivity index (χ3n) is 5.20. The SMILES string of the molecule is Cc1cccc(C(=O)Nc2ccc(SC(C(=O)Nc3cccc(Cl)c3Cl)c3ccccc3)cc2)c1. The number of aryl methyl sites for hydroxylation is 1. The first kappa shape index (κ1) is 24.9. The van der Waals surface area contributed by atoms with E-state index in [1.165, 1.54) is 11.8 Å². The van der Waals surface area contributed by atoms with Gasteiger partial charge in [0.1, 0.15) is 5.25 Å². The van der Waals surface area contributed by atoms with Crippen molar-refractivity contribution in [2.24, 2.45) is 0 Å². The molecule has 4 nitrogen and oxygen atoms in total. The van der Waals surface area contributed by atoms with Gasteiger partial charge in [-0.2, -0.15) is 0 Å². The summed E-state index contributed by atoms with van der Waals surface area (Å²) in [7, 11) is 0. The van der Waals surface area contributed by atoms with E-state index in [2.05, 4.69) is 10.6 Å². The molecule has 4 aromatic rings. The summed E-state index contributed by atoms with van der Waals surface area (Å²) >= 11 is 13.8. The van der Waals surface area contributed by atoms with Gasteiger partial charge in [0.05, 0.1) is 15.7 Å². The topological polar surface area (TPSA) is 58.2 Å². The van der Waals surface area contributed by atoms with Crippen LogP contribution in [0.1, 0.15) is 26.7 Å². The van der Waals surface area contributed by atoms with Gasteiger partial charge < -0.3 is 10.6 Å². The average molecular weight is 521 g/mol. The van der Waals surface area contributed by atoms with Crippen LogP contribution in [0.5, 0.6) is 0 Å². The maximum Gasteiger partial charge on any atom is 0.255 e. The molecule has 35 heavy (non-hydrogen) atoms. The number of hydrogen-bond acceptors (Lipinski definition) is 3. The summed E-state index contributed by atoms with van der Waals surface area (Å²) in [4.78, 5) is 26.7. The summed E-state index contributed by atoms with van der Waals surface area (Å²) < 4.78 is 0. The first-order valence-electron chi connectivity index (χ1n) is 10.9. The number of amides is 2. The summed E-state index contributed by atoms with van der Waals surface area (Å²) in [5.74, 6) is -0.392. The second kappa shape index (κ2) is 11.5. The number of rotatable bonds is 7. The van der Waals surface area contributed by atoms with E-state index >= 15 is 0 Å². The molecule has 0 aliphatic heterocycles. The average Bonchev–Trinajstić information content (AvgIpc) is 2.87. The molecule has 0 aliphatic carbocycles. The molecule has 2 N–H and O–H groups in total. The normalized spacial score (nSPS) is 11.5. The zero-order valence-electron chi connectivity index (χ0n) is 18.8. The Labute approximate surface area is 218 Å². The standard InChI is InChI=1S/C28H22Cl2N2O2S/c1-18-7-5-10-20(17-18)27(33)31-21-13-15-22(16-14-21)35-26(19-8-3-2-4-9-19)28(34)32-24-12-6-11-23(29)25(24)30/h2-17,26H,1H3,(H,31,33)(H,32,34). The molecule has 0 bridgehead atoms. The molecular weight excluding hydrogens is 499 g/mol. The molecule has 1 unspecified atom stereocenters. The fourth-order valence-corrected chi connectivity index (χ4v) is 4.81. The van der Waals surface area contributed by atoms with Crippen molar-refractivity contribution >= 4 is 58.2 Å². The molecule has 0 fully saturated rings. The van der Waals surface area contributed by atoms with Gasteiger partial charge in [-0.3, -0.25) is 9.59 Å². The van der Waals surface area contributed by atoms with Crippen molar-refractivity contribution in [3.63, 3.8) is 0 Å². The van der Waals surface area contributed by atoms with Crippen molar-refractivity contribution in [1.29, 1.82) is 0 Å². The molecule has 0 saturated heterocycles. The summed E-state index contributed by atoms with van der Waals surface area (Å²) in [5, 5.41) is 5.95. The molecule has 0 heterocycles. The Bertz CT molecular complexity index is 1340. The Kier molecular flexibility index (Phi) is 8.13. The Hall–Kier alpha value is -3.25. The first-order chi connectivity index (χ1) is 16.9. The molecule has 4 rings (SSSR count). The minimum Gasteiger partial charge on any atom is -0.323 e. The third kappa shape index (κ3) is 6.45. The van der Waals surface area contributed by atoms with E-state index < -0.39 is 5.25 Å². The van der Waals surface area contributed by atoms with E-state index in [4.69, 9.17) is 23.2 Å². The summed E-state index contributed by atoms with van der Waals surface area (Å²) in [6.45, 7) is 1.95. The van der Waals surface area contributed by atoms with Gasteiger partial charge in [0.25, 0.3) is 5.91 Å². The van der Waals surface area contributed by atoms with Crippen LogP contribution in [-0.4, -0.2) is 11.8 Å². The predicted molar refractivity (Wildman–Crippen MR) is 146 cm³/mol. The lowest BCUT2D eigenvalue weighted by atomic mass is 10.1. The molecule has 0 aliphatic rings. The quantitative estimate of drug-likeness (QED) is 0.242. The van der Waals surface area contributed by atoms with E-state index in [0.717, 1.165) is 16.0 Å². The smallest absolute Gasteiger partial charge is 0.255 e. The van der Waals surface area contributed by atoms with E-state index in [1.807, 2.05) is 79.7 Å². The molecule has 0 radical (unpaired) electrons. The van der Waals surface area contributed by atoms with Gasteiger partial charge in [-0.1, -0.05) is 77.3 Å². The fraction of sp³-hybridized carbons (Fsp3) is 0.0714. The third-order valence-corrected chi connectivity index (χ3v) is 7.28. The lowest BCUT2D eigenvalue weighted by Crippen LogP contribution is -2.19. The summed E-state index contributed by atoms with van der Waals surface area (Å²) in [5.41, 5.74) is 3.61. The number of nitrogens with one attached hydrogen (secondary N) is 2. The number of carbonyl (C=O) groups excluding carboxylic acids is 2. The van der Waals surface area contributed by atoms with E-state index in [-0.39, 0.29) is 11.8 Å². The van der Waals surface area contributed by atoms with Crippen LogP contribution >= 0.6 is 35.0 Å². The van der Waals surface area contributed by atoms with Crippen LogP contribution in [0, 0.1) is 6.92 Å². The Morgan fingerprint density at radius 1 is 0.800 bits per heavy atom. The Morgan fingerprint density at radius 2 is 1.51 bits per heavy atom. The molecular formula is C28H22Cl2N2O2S. The second-order valence-electron chi connectivity index (χ2n) is 7.85. The highest BCUT2D eigenvalue weighted by molar-refractivity contribution is 8.00. The van der Waals surface area contributed by atoms with E-state index in [0.29, 0.717) is 27.0 Å². The van der Waals surface area contributed by atoms with Gasteiger partial charge in [-0.25, -0.2) is 0 Å². The van der Waals surface area contributed by atoms with E-state index in [9.17, 15) is 9.59 Å². The van der Waals surface area contributed by atoms with Crippen LogP contribution in [0.25, 0.3) is 0 Å². The largest absolute Gasteiger partial charge is 0.323 e. The number of benzene rings is 4. The monoisotopic (exact) mass is 520 g/mol. The van der Waals surface area contributed by atoms with Crippen LogP contribution in [0.15, 0.2) is 102 Å². The minimum atomic E-state index is -0.529. The zero-order valence-corrected chi connectivity index (χ0v) is 21.1. The van der Waals surface area contributed by atoms with Crippen molar-refractivity contribution in [2.75, 3.05) is 10.6 Å². The minimum absolute atomic E-state index is 0.172. The fourth-order valence-electron chi connectivity index (χ4n) is 3.44. The highest BCUT2D eigenvalue weighted by Gasteiger charge is 2.23. The lowest BCUT2D eigenvalue weighted by Gasteiger charge is -2.18. The van der Waals surface area contributed by atoms with Crippen molar-refractivity contribution in [3.05, 3.63) is 124 Å². The van der Waals surface area contributed by atoms with Crippen molar-refractivity contribution < 1.29 is 9.59 Å². The van der Waals surface area contributed by atoms with Crippen LogP contribution in [0.2, 0.25) is 10.0 Å². The second-order valence-corrected chi connectivity index (χ2v) is 9.81. The van der Waals surface area contributed by atoms with Crippen LogP contribution in [0.3, 0.4) is 0 Å². The van der Waals surface area contributed by atoms with Gasteiger partial charge in [-0.15, -0.1) is 11.8 Å². The summed E-state index contributed by atoms with van der Waals surface area (Å²) in [6, 6.07) is 29.5. The molecule has 0 saturated carbocycles. The molecule has 2 amide bonds. The Morgan fingerprint density at radius 3 is 2.23 bits per heavy atom. The van der Waals surface area contributed by atoms with Crippen molar-refractivity contribution in [3.8, 4) is 0 Å². The molecule has 1 atom stereocenters. The molecule has 4 aromatic carbocycles. The number of hydrogen-bond donors (Lipinski definition) is 2. The maximum absolute atomic E-state index is 13.3. The highest BCUT2D eigenvalue weighted by atomic mass is 35.5. The van der Waals surface area contributed by atoms with Crippen molar-refractivity contribution in [2.45, 2.75) is 17.1 Å². The predicted octanol–water partition coefficient (Wildman–Crippen LogP) is 8.03. The van der Waals surface area contributed by atoms with Gasteiger partial charge in [0.2, 0.25) is 5.91 Å². The molecule has 0 spiro atoms. The number of thioether (sulfide) groups is 1. The molecule has 7 heteroatoms. The molecule has 176 valence electrons. The number of carbonyl (C=O) groups is 2. The van der Waals surface area contributed by atoms with E-state index in [1.54, 1.807) is 24.3 Å². The van der Waals surface area contributed by atoms with Gasteiger partial charge in [-0.05, 0) is 61.0 Å². The number of anilines is 2. The van der Waals surface area contributed by atoms with Crippen LogP contribution in [0.4, 0.5) is 11.4 Å². The van der Waals surface area contributed by atoms with Crippen molar-refractivity contribution in [1.82, 2.24) is 0 Å². The summed E-state index contributed by atoms with van der Waals surface area (Å²) in [6.07, 6.45) is 0. The van der Waals surface area contributed by atoms with Crippen LogP contribution in [-0.2, 0) is 4.79 Å². The lowest BCUT2D eigenvalue weighted by molar-refractivity contribution is -0.115. The maximum atomic E-state index is 13.3. The van der Waals surface area contributed by atoms with Gasteiger partial charge in [0.15, 0.2) is 0 Å². The Balaban J connectivity index is 1.50. The van der Waals surface area contributed by atoms with Crippen LogP contribution < -0.4 is 10.6 Å².